The Kier molecular flexibility index (Phi) is 3.80. The van der Waals surface area contributed by atoms with Crippen molar-refractivity contribution in [3.05, 3.63) is 12.5 Å². The maximum atomic E-state index is 12.3. The standard InChI is InChI=1S/C10H17N3O3S/c14-7-9-4-2-1-3-5-13(9)17(15,16)10-6-11-8-12-10/h6,8-9,14H,1-5,7H2,(H,11,12). The first-order chi connectivity index (χ1) is 8.16. The van der Waals surface area contributed by atoms with Crippen molar-refractivity contribution in [2.75, 3.05) is 13.2 Å². The lowest BCUT2D eigenvalue weighted by Gasteiger charge is -2.26. The van der Waals surface area contributed by atoms with E-state index in [-0.39, 0.29) is 17.7 Å². The minimum absolute atomic E-state index is 0.0952. The second-order valence-corrected chi connectivity index (χ2v) is 6.08. The zero-order valence-electron chi connectivity index (χ0n) is 9.54. The molecule has 1 aliphatic heterocycles. The molecule has 1 fully saturated rings. The zero-order chi connectivity index (χ0) is 12.3. The van der Waals surface area contributed by atoms with Crippen LogP contribution in [0, 0.1) is 0 Å². The van der Waals surface area contributed by atoms with Gasteiger partial charge in [-0.2, -0.15) is 4.31 Å². The molecular formula is C10H17N3O3S. The quantitative estimate of drug-likeness (QED) is 0.819. The predicted molar refractivity (Wildman–Crippen MR) is 61.8 cm³/mol. The summed E-state index contributed by atoms with van der Waals surface area (Å²) in [6.45, 7) is 0.333. The summed E-state index contributed by atoms with van der Waals surface area (Å²) in [4.78, 5) is 6.35. The number of hydrogen-bond acceptors (Lipinski definition) is 4. The molecule has 1 saturated heterocycles. The number of aromatic amines is 1. The van der Waals surface area contributed by atoms with Crippen LogP contribution in [0.3, 0.4) is 0 Å². The summed E-state index contributed by atoms with van der Waals surface area (Å²) in [7, 11) is -3.55. The molecule has 0 saturated carbocycles. The van der Waals surface area contributed by atoms with Crippen LogP contribution in [-0.2, 0) is 10.0 Å². The molecule has 1 aliphatic rings. The van der Waals surface area contributed by atoms with E-state index in [1.54, 1.807) is 0 Å². The van der Waals surface area contributed by atoms with Crippen molar-refractivity contribution in [3.8, 4) is 0 Å². The van der Waals surface area contributed by atoms with Gasteiger partial charge in [0.25, 0.3) is 10.0 Å². The number of imidazole rings is 1. The summed E-state index contributed by atoms with van der Waals surface area (Å²) in [5, 5.41) is 9.41. The first kappa shape index (κ1) is 12.5. The predicted octanol–water partition coefficient (Wildman–Crippen LogP) is 0.335. The van der Waals surface area contributed by atoms with Gasteiger partial charge in [0.15, 0.2) is 5.03 Å². The van der Waals surface area contributed by atoms with Crippen molar-refractivity contribution in [3.63, 3.8) is 0 Å². The number of hydrogen-bond donors (Lipinski definition) is 2. The number of nitrogens with zero attached hydrogens (tertiary/aromatic N) is 2. The van der Waals surface area contributed by atoms with Crippen molar-refractivity contribution in [1.82, 2.24) is 14.3 Å². The maximum Gasteiger partial charge on any atom is 0.260 e. The first-order valence-corrected chi connectivity index (χ1v) is 7.21. The molecule has 0 radical (unpaired) electrons. The van der Waals surface area contributed by atoms with E-state index in [1.165, 1.54) is 16.8 Å². The van der Waals surface area contributed by atoms with Gasteiger partial charge in [-0.3, -0.25) is 0 Å². The summed E-state index contributed by atoms with van der Waals surface area (Å²) in [6, 6.07) is -0.314. The molecule has 1 aromatic rings. The number of rotatable bonds is 3. The van der Waals surface area contributed by atoms with Gasteiger partial charge in [-0.05, 0) is 12.8 Å². The zero-order valence-corrected chi connectivity index (χ0v) is 10.4. The van der Waals surface area contributed by atoms with Crippen molar-refractivity contribution in [2.24, 2.45) is 0 Å². The molecule has 2 heterocycles. The second kappa shape index (κ2) is 5.16. The van der Waals surface area contributed by atoms with Gasteiger partial charge in [0.2, 0.25) is 0 Å². The third kappa shape index (κ3) is 2.51. The maximum absolute atomic E-state index is 12.3. The molecule has 0 bridgehead atoms. The van der Waals surface area contributed by atoms with Gasteiger partial charge in [-0.15, -0.1) is 0 Å². The molecule has 0 amide bonds. The molecule has 2 rings (SSSR count). The van der Waals surface area contributed by atoms with Crippen LogP contribution >= 0.6 is 0 Å². The van der Waals surface area contributed by atoms with Crippen molar-refractivity contribution in [2.45, 2.75) is 36.8 Å². The monoisotopic (exact) mass is 259 g/mol. The SMILES string of the molecule is O=S(=O)(c1cnc[nH]1)N1CCCCCC1CO. The van der Waals surface area contributed by atoms with Crippen LogP contribution in [0.15, 0.2) is 17.6 Å². The Morgan fingerprint density at radius 3 is 2.94 bits per heavy atom. The van der Waals surface area contributed by atoms with Crippen LogP contribution in [0.4, 0.5) is 0 Å². The van der Waals surface area contributed by atoms with E-state index in [2.05, 4.69) is 9.97 Å². The third-order valence-electron chi connectivity index (χ3n) is 3.09. The summed E-state index contributed by atoms with van der Waals surface area (Å²) in [6.07, 6.45) is 6.16. The molecule has 1 atom stereocenters. The van der Waals surface area contributed by atoms with E-state index >= 15 is 0 Å². The van der Waals surface area contributed by atoms with Gasteiger partial charge in [0.1, 0.15) is 0 Å². The highest BCUT2D eigenvalue weighted by Gasteiger charge is 2.32. The fourth-order valence-corrected chi connectivity index (χ4v) is 3.74. The summed E-state index contributed by atoms with van der Waals surface area (Å²) < 4.78 is 26.0. The smallest absolute Gasteiger partial charge is 0.260 e. The number of nitrogens with one attached hydrogen (secondary N) is 1. The minimum Gasteiger partial charge on any atom is -0.395 e. The van der Waals surface area contributed by atoms with E-state index in [9.17, 15) is 13.5 Å². The van der Waals surface area contributed by atoms with Gasteiger partial charge in [0, 0.05) is 12.6 Å². The topological polar surface area (TPSA) is 86.3 Å². The molecule has 6 nitrogen and oxygen atoms in total. The third-order valence-corrected chi connectivity index (χ3v) is 4.97. The molecular weight excluding hydrogens is 242 g/mol. The van der Waals surface area contributed by atoms with Crippen molar-refractivity contribution in [1.29, 1.82) is 0 Å². The van der Waals surface area contributed by atoms with E-state index < -0.39 is 10.0 Å². The lowest BCUT2D eigenvalue weighted by Crippen LogP contribution is -2.42. The normalized spacial score (nSPS) is 23.5. The highest BCUT2D eigenvalue weighted by molar-refractivity contribution is 7.89. The van der Waals surface area contributed by atoms with Gasteiger partial charge in [-0.25, -0.2) is 13.4 Å². The van der Waals surface area contributed by atoms with Crippen LogP contribution in [0.25, 0.3) is 0 Å². The van der Waals surface area contributed by atoms with Crippen LogP contribution < -0.4 is 0 Å². The van der Waals surface area contributed by atoms with Crippen molar-refractivity contribution >= 4 is 10.0 Å². The Morgan fingerprint density at radius 2 is 2.29 bits per heavy atom. The molecule has 1 unspecified atom stereocenters. The minimum atomic E-state index is -3.55. The van der Waals surface area contributed by atoms with Crippen LogP contribution in [-0.4, -0.2) is 47.0 Å². The fourth-order valence-electron chi connectivity index (χ4n) is 2.16. The Balaban J connectivity index is 2.29. The fraction of sp³-hybridized carbons (Fsp3) is 0.700. The highest BCUT2D eigenvalue weighted by Crippen LogP contribution is 2.23. The highest BCUT2D eigenvalue weighted by atomic mass is 32.2. The lowest BCUT2D eigenvalue weighted by atomic mass is 10.1. The summed E-state index contributed by atoms with van der Waals surface area (Å²) >= 11 is 0. The van der Waals surface area contributed by atoms with Crippen LogP contribution in [0.1, 0.15) is 25.7 Å². The average Bonchev–Trinajstić information content (AvgIpc) is 2.74. The van der Waals surface area contributed by atoms with E-state index in [4.69, 9.17) is 0 Å². The average molecular weight is 259 g/mol. The number of aromatic nitrogens is 2. The molecule has 96 valence electrons. The Bertz CT molecular complexity index is 443. The van der Waals surface area contributed by atoms with Crippen LogP contribution in [0.5, 0.6) is 0 Å². The molecule has 0 spiro atoms. The Morgan fingerprint density at radius 1 is 1.47 bits per heavy atom. The van der Waals surface area contributed by atoms with E-state index in [1.807, 2.05) is 0 Å². The lowest BCUT2D eigenvalue weighted by molar-refractivity contribution is 0.186. The number of sulfonamides is 1. The first-order valence-electron chi connectivity index (χ1n) is 5.77. The van der Waals surface area contributed by atoms with Gasteiger partial charge in [-0.1, -0.05) is 12.8 Å². The van der Waals surface area contributed by atoms with Gasteiger partial charge in [0.05, 0.1) is 19.1 Å². The number of aliphatic hydroxyl groups excluding tert-OH is 1. The van der Waals surface area contributed by atoms with Gasteiger partial charge >= 0.3 is 0 Å². The molecule has 0 aliphatic carbocycles. The summed E-state index contributed by atoms with van der Waals surface area (Å²) in [5.74, 6) is 0. The van der Waals surface area contributed by atoms with Gasteiger partial charge < -0.3 is 10.1 Å². The largest absolute Gasteiger partial charge is 0.395 e. The van der Waals surface area contributed by atoms with E-state index in [0.717, 1.165) is 19.3 Å². The number of H-pyrrole nitrogens is 1. The van der Waals surface area contributed by atoms with Crippen LogP contribution in [0.2, 0.25) is 0 Å². The molecule has 7 heteroatoms. The van der Waals surface area contributed by atoms with E-state index in [0.29, 0.717) is 13.0 Å². The Labute approximate surface area is 101 Å². The Hall–Kier alpha value is -0.920. The molecule has 0 aromatic carbocycles. The molecule has 2 N–H and O–H groups in total. The summed E-state index contributed by atoms with van der Waals surface area (Å²) in [5.41, 5.74) is 0. The molecule has 1 aromatic heterocycles. The number of aliphatic hydroxyl groups is 1. The van der Waals surface area contributed by atoms with Crippen molar-refractivity contribution < 1.29 is 13.5 Å². The molecule has 17 heavy (non-hydrogen) atoms. The second-order valence-electron chi connectivity index (χ2n) is 4.22.